The lowest BCUT2D eigenvalue weighted by molar-refractivity contribution is 0.0781. The lowest BCUT2D eigenvalue weighted by atomic mass is 10.2. The van der Waals surface area contributed by atoms with Crippen molar-refractivity contribution in [1.82, 2.24) is 25.1 Å². The zero-order valence-electron chi connectivity index (χ0n) is 11.2. The number of amides is 1. The molecule has 1 N–H and O–H groups in total. The van der Waals surface area contributed by atoms with Crippen molar-refractivity contribution in [2.75, 3.05) is 7.05 Å². The first kappa shape index (κ1) is 13.7. The Balaban J connectivity index is 1.88. The van der Waals surface area contributed by atoms with E-state index in [-0.39, 0.29) is 5.91 Å². The van der Waals surface area contributed by atoms with Crippen molar-refractivity contribution < 1.29 is 4.79 Å². The Hall–Kier alpha value is -2.28. The molecular weight excluding hydrogens is 334 g/mol. The fraction of sp³-hybridized carbons (Fsp3) is 0.143. The number of H-pyrrole nitrogens is 1. The van der Waals surface area contributed by atoms with Crippen molar-refractivity contribution in [3.8, 4) is 0 Å². The van der Waals surface area contributed by atoms with E-state index in [1.165, 1.54) is 0 Å². The van der Waals surface area contributed by atoms with Gasteiger partial charge in [-0.1, -0.05) is 0 Å². The fourth-order valence-electron chi connectivity index (χ4n) is 2.06. The molecule has 0 radical (unpaired) electrons. The summed E-state index contributed by atoms with van der Waals surface area (Å²) >= 11 is 3.36. The second kappa shape index (κ2) is 5.61. The molecule has 7 heteroatoms. The highest BCUT2D eigenvalue weighted by Crippen LogP contribution is 2.20. The molecule has 106 valence electrons. The normalized spacial score (nSPS) is 10.8. The molecule has 3 aromatic heterocycles. The highest BCUT2D eigenvalue weighted by molar-refractivity contribution is 9.10. The van der Waals surface area contributed by atoms with Gasteiger partial charge in [-0.05, 0) is 39.7 Å². The fourth-order valence-corrected chi connectivity index (χ4v) is 2.39. The van der Waals surface area contributed by atoms with Crippen LogP contribution in [-0.2, 0) is 6.54 Å². The van der Waals surface area contributed by atoms with Gasteiger partial charge in [0.1, 0.15) is 5.69 Å². The molecule has 0 fully saturated rings. The smallest absolute Gasteiger partial charge is 0.272 e. The largest absolute Gasteiger partial charge is 0.336 e. The van der Waals surface area contributed by atoms with Crippen LogP contribution in [0.3, 0.4) is 0 Å². The number of halogens is 1. The standard InChI is InChI=1S/C14H12BrN5O/c1-20(8-9-2-4-16-5-3-9)14(21)12-11-6-10(15)7-17-13(11)19-18-12/h2-7H,8H2,1H3,(H,17,18,19). The second-order valence-corrected chi connectivity index (χ2v) is 5.56. The van der Waals surface area contributed by atoms with E-state index in [1.807, 2.05) is 18.2 Å². The van der Waals surface area contributed by atoms with Gasteiger partial charge in [0, 0.05) is 36.7 Å². The number of pyridine rings is 2. The Labute approximate surface area is 129 Å². The number of carbonyl (C=O) groups excluding carboxylic acids is 1. The molecule has 0 atom stereocenters. The summed E-state index contributed by atoms with van der Waals surface area (Å²) in [4.78, 5) is 22.3. The molecule has 21 heavy (non-hydrogen) atoms. The van der Waals surface area contributed by atoms with Gasteiger partial charge in [-0.15, -0.1) is 0 Å². The number of rotatable bonds is 3. The topological polar surface area (TPSA) is 74.8 Å². The summed E-state index contributed by atoms with van der Waals surface area (Å²) in [6.45, 7) is 0.503. The molecule has 0 bridgehead atoms. The van der Waals surface area contributed by atoms with Crippen LogP contribution >= 0.6 is 15.9 Å². The third kappa shape index (κ3) is 2.78. The minimum Gasteiger partial charge on any atom is -0.336 e. The van der Waals surface area contributed by atoms with Gasteiger partial charge in [0.15, 0.2) is 5.65 Å². The molecular formula is C14H12BrN5O. The van der Waals surface area contributed by atoms with E-state index in [1.54, 1.807) is 30.5 Å². The highest BCUT2D eigenvalue weighted by atomic mass is 79.9. The molecule has 0 aliphatic heterocycles. The van der Waals surface area contributed by atoms with Crippen LogP contribution < -0.4 is 0 Å². The molecule has 0 saturated carbocycles. The van der Waals surface area contributed by atoms with E-state index < -0.39 is 0 Å². The van der Waals surface area contributed by atoms with Gasteiger partial charge in [-0.3, -0.25) is 14.9 Å². The zero-order chi connectivity index (χ0) is 14.8. The van der Waals surface area contributed by atoms with Crippen molar-refractivity contribution in [1.29, 1.82) is 0 Å². The van der Waals surface area contributed by atoms with E-state index in [0.29, 0.717) is 23.3 Å². The number of nitrogens with zero attached hydrogens (tertiary/aromatic N) is 4. The zero-order valence-corrected chi connectivity index (χ0v) is 12.8. The van der Waals surface area contributed by atoms with Crippen molar-refractivity contribution in [3.05, 3.63) is 52.5 Å². The van der Waals surface area contributed by atoms with E-state index in [4.69, 9.17) is 0 Å². The Kier molecular flexibility index (Phi) is 3.66. The average Bonchev–Trinajstić information content (AvgIpc) is 2.90. The number of aromatic nitrogens is 4. The van der Waals surface area contributed by atoms with Crippen LogP contribution in [0.25, 0.3) is 11.0 Å². The lowest BCUT2D eigenvalue weighted by Gasteiger charge is -2.16. The lowest BCUT2D eigenvalue weighted by Crippen LogP contribution is -2.26. The quantitative estimate of drug-likeness (QED) is 0.790. The monoisotopic (exact) mass is 345 g/mol. The molecule has 3 rings (SSSR count). The van der Waals surface area contributed by atoms with Crippen LogP contribution in [0.5, 0.6) is 0 Å². The minimum absolute atomic E-state index is 0.130. The van der Waals surface area contributed by atoms with E-state index in [2.05, 4.69) is 36.1 Å². The molecule has 3 heterocycles. The second-order valence-electron chi connectivity index (χ2n) is 4.64. The van der Waals surface area contributed by atoms with Crippen LogP contribution in [0.15, 0.2) is 41.3 Å². The molecule has 3 aromatic rings. The van der Waals surface area contributed by atoms with Crippen LogP contribution in [0.4, 0.5) is 0 Å². The van der Waals surface area contributed by atoms with Crippen LogP contribution in [-0.4, -0.2) is 38.0 Å². The summed E-state index contributed by atoms with van der Waals surface area (Å²) in [6.07, 6.45) is 5.07. The van der Waals surface area contributed by atoms with Crippen LogP contribution in [0.1, 0.15) is 16.1 Å². The molecule has 0 saturated heterocycles. The summed E-state index contributed by atoms with van der Waals surface area (Å²) in [6, 6.07) is 5.60. The number of carbonyl (C=O) groups is 1. The minimum atomic E-state index is -0.130. The Morgan fingerprint density at radius 3 is 2.90 bits per heavy atom. The number of nitrogens with one attached hydrogen (secondary N) is 1. The molecule has 1 amide bonds. The summed E-state index contributed by atoms with van der Waals surface area (Å²) in [5, 5.41) is 7.53. The Morgan fingerprint density at radius 2 is 2.14 bits per heavy atom. The number of aromatic amines is 1. The van der Waals surface area contributed by atoms with E-state index >= 15 is 0 Å². The van der Waals surface area contributed by atoms with Gasteiger partial charge in [0.2, 0.25) is 0 Å². The summed E-state index contributed by atoms with van der Waals surface area (Å²) in [5.41, 5.74) is 1.98. The molecule has 0 aliphatic carbocycles. The average molecular weight is 346 g/mol. The van der Waals surface area contributed by atoms with E-state index in [0.717, 1.165) is 10.0 Å². The molecule has 0 unspecified atom stereocenters. The van der Waals surface area contributed by atoms with Gasteiger partial charge in [-0.25, -0.2) is 4.98 Å². The third-order valence-corrected chi connectivity index (χ3v) is 3.54. The van der Waals surface area contributed by atoms with Gasteiger partial charge in [0.05, 0.1) is 5.39 Å². The van der Waals surface area contributed by atoms with Crippen molar-refractivity contribution in [2.24, 2.45) is 0 Å². The highest BCUT2D eigenvalue weighted by Gasteiger charge is 2.18. The SMILES string of the molecule is CN(Cc1ccncc1)C(=O)c1[nH]nc2ncc(Br)cc12. The first-order valence-electron chi connectivity index (χ1n) is 6.29. The molecule has 0 aromatic carbocycles. The molecule has 0 spiro atoms. The van der Waals surface area contributed by atoms with Crippen LogP contribution in [0, 0.1) is 0 Å². The van der Waals surface area contributed by atoms with Gasteiger partial charge in [0.25, 0.3) is 5.91 Å². The number of hydrogen-bond acceptors (Lipinski definition) is 4. The maximum Gasteiger partial charge on any atom is 0.272 e. The van der Waals surface area contributed by atoms with Crippen molar-refractivity contribution in [2.45, 2.75) is 6.54 Å². The third-order valence-electron chi connectivity index (χ3n) is 3.11. The van der Waals surface area contributed by atoms with Gasteiger partial charge >= 0.3 is 0 Å². The number of fused-ring (bicyclic) bond motifs is 1. The maximum atomic E-state index is 12.5. The summed E-state index contributed by atoms with van der Waals surface area (Å²) in [5.74, 6) is -0.130. The predicted octanol–water partition coefficient (Wildman–Crippen LogP) is 2.39. The van der Waals surface area contributed by atoms with Crippen molar-refractivity contribution in [3.63, 3.8) is 0 Å². The number of hydrogen-bond donors (Lipinski definition) is 1. The first-order valence-corrected chi connectivity index (χ1v) is 7.08. The Bertz CT molecular complexity index is 786. The summed E-state index contributed by atoms with van der Waals surface area (Å²) in [7, 11) is 1.75. The molecule has 6 nitrogen and oxygen atoms in total. The maximum absolute atomic E-state index is 12.5. The predicted molar refractivity (Wildman–Crippen MR) is 81.6 cm³/mol. The van der Waals surface area contributed by atoms with Gasteiger partial charge in [-0.2, -0.15) is 5.10 Å². The first-order chi connectivity index (χ1) is 10.1. The Morgan fingerprint density at radius 1 is 1.38 bits per heavy atom. The van der Waals surface area contributed by atoms with Gasteiger partial charge < -0.3 is 4.90 Å². The van der Waals surface area contributed by atoms with Crippen molar-refractivity contribution >= 4 is 32.9 Å². The van der Waals surface area contributed by atoms with Crippen LogP contribution in [0.2, 0.25) is 0 Å². The molecule has 0 aliphatic rings. The van der Waals surface area contributed by atoms with E-state index in [9.17, 15) is 4.79 Å². The summed E-state index contributed by atoms with van der Waals surface area (Å²) < 4.78 is 0.808.